The number of carbonyl (C=O) groups is 1. The molecule has 6 heteroatoms. The summed E-state index contributed by atoms with van der Waals surface area (Å²) >= 11 is 0. The molecule has 38 heavy (non-hydrogen) atoms. The summed E-state index contributed by atoms with van der Waals surface area (Å²) < 4.78 is 5.79. The van der Waals surface area contributed by atoms with Crippen molar-refractivity contribution < 1.29 is 9.53 Å². The van der Waals surface area contributed by atoms with Crippen molar-refractivity contribution in [1.82, 2.24) is 15.1 Å². The highest BCUT2D eigenvalue weighted by Gasteiger charge is 2.23. The molecule has 1 saturated heterocycles. The van der Waals surface area contributed by atoms with Crippen LogP contribution in [0.2, 0.25) is 0 Å². The molecule has 1 aliphatic rings. The van der Waals surface area contributed by atoms with Crippen LogP contribution in [0.4, 0.5) is 10.5 Å². The minimum absolute atomic E-state index is 0.0433. The summed E-state index contributed by atoms with van der Waals surface area (Å²) in [6, 6.07) is 26.9. The number of para-hydroxylation sites is 1. The number of likely N-dealkylation sites (N-methyl/N-ethyl adjacent to an activating group) is 1. The van der Waals surface area contributed by atoms with Gasteiger partial charge in [-0.2, -0.15) is 0 Å². The van der Waals surface area contributed by atoms with Crippen molar-refractivity contribution in [3.8, 4) is 11.1 Å². The minimum Gasteiger partial charge on any atom is -0.446 e. The van der Waals surface area contributed by atoms with Crippen LogP contribution in [-0.2, 0) is 17.8 Å². The number of rotatable bonds is 12. The average Bonchev–Trinajstić information content (AvgIpc) is 2.94. The quantitative estimate of drug-likeness (QED) is 0.291. The summed E-state index contributed by atoms with van der Waals surface area (Å²) in [6.45, 7) is 9.08. The third-order valence-electron chi connectivity index (χ3n) is 7.09. The van der Waals surface area contributed by atoms with Crippen LogP contribution < -0.4 is 10.6 Å². The van der Waals surface area contributed by atoms with Crippen molar-refractivity contribution in [3.63, 3.8) is 0 Å². The summed E-state index contributed by atoms with van der Waals surface area (Å²) in [4.78, 5) is 17.5. The molecule has 6 nitrogen and oxygen atoms in total. The van der Waals surface area contributed by atoms with E-state index in [-0.39, 0.29) is 12.2 Å². The number of ether oxygens (including phenoxy) is 1. The van der Waals surface area contributed by atoms with Gasteiger partial charge in [-0.1, -0.05) is 79.7 Å². The Morgan fingerprint density at radius 3 is 2.37 bits per heavy atom. The second-order valence-electron chi connectivity index (χ2n) is 10.2. The van der Waals surface area contributed by atoms with Gasteiger partial charge < -0.3 is 19.9 Å². The number of piperidine rings is 1. The highest BCUT2D eigenvalue weighted by Crippen LogP contribution is 2.28. The molecule has 3 aromatic carbocycles. The molecule has 0 atom stereocenters. The molecule has 2 N–H and O–H groups in total. The molecule has 1 fully saturated rings. The Kier molecular flexibility index (Phi) is 10.7. The zero-order chi connectivity index (χ0) is 26.6. The number of nitrogens with one attached hydrogen (secondary N) is 2. The second-order valence-corrected chi connectivity index (χ2v) is 10.2. The van der Waals surface area contributed by atoms with Crippen LogP contribution in [0.3, 0.4) is 0 Å². The largest absolute Gasteiger partial charge is 0.446 e. The fourth-order valence-electron chi connectivity index (χ4n) is 4.88. The summed E-state index contributed by atoms with van der Waals surface area (Å²) in [5.74, 6) is 0. The Morgan fingerprint density at radius 2 is 1.63 bits per heavy atom. The number of nitrogens with zero attached hydrogens (tertiary/aromatic N) is 2. The van der Waals surface area contributed by atoms with Crippen molar-refractivity contribution in [2.75, 3.05) is 45.1 Å². The maximum Gasteiger partial charge on any atom is 0.411 e. The Hall–Kier alpha value is -3.19. The minimum atomic E-state index is -0.376. The standard InChI is InChI=1S/C32H42N4O2/c1-3-19-33-24-26-13-15-27(16-14-26)25-35(2)22-23-36-20-17-29(18-21-36)38-32(37)34-31-12-8-7-11-30(31)28-9-5-4-6-10-28/h4-16,29,33H,3,17-25H2,1-2H3,(H,34,37). The molecule has 1 amide bonds. The molecule has 0 bridgehead atoms. The van der Waals surface area contributed by atoms with E-state index in [0.717, 1.165) is 81.9 Å². The highest BCUT2D eigenvalue weighted by atomic mass is 16.6. The lowest BCUT2D eigenvalue weighted by atomic mass is 10.0. The third-order valence-corrected chi connectivity index (χ3v) is 7.09. The molecule has 0 aromatic heterocycles. The molecule has 0 unspecified atom stereocenters. The van der Waals surface area contributed by atoms with E-state index in [2.05, 4.69) is 58.7 Å². The van der Waals surface area contributed by atoms with E-state index in [1.807, 2.05) is 54.6 Å². The van der Waals surface area contributed by atoms with Gasteiger partial charge in [0.2, 0.25) is 0 Å². The molecule has 4 rings (SSSR count). The fourth-order valence-corrected chi connectivity index (χ4v) is 4.88. The van der Waals surface area contributed by atoms with Crippen LogP contribution in [0.1, 0.15) is 37.3 Å². The first-order valence-electron chi connectivity index (χ1n) is 13.9. The van der Waals surface area contributed by atoms with E-state index < -0.39 is 0 Å². The van der Waals surface area contributed by atoms with Crippen LogP contribution >= 0.6 is 0 Å². The van der Waals surface area contributed by atoms with Crippen LogP contribution in [-0.4, -0.2) is 61.8 Å². The van der Waals surface area contributed by atoms with Gasteiger partial charge in [-0.3, -0.25) is 5.32 Å². The molecule has 0 spiro atoms. The Labute approximate surface area is 228 Å². The zero-order valence-corrected chi connectivity index (χ0v) is 22.9. The van der Waals surface area contributed by atoms with E-state index in [4.69, 9.17) is 4.74 Å². The lowest BCUT2D eigenvalue weighted by molar-refractivity contribution is 0.0563. The summed E-state index contributed by atoms with van der Waals surface area (Å²) in [7, 11) is 2.18. The predicted octanol–water partition coefficient (Wildman–Crippen LogP) is 6.00. The first-order valence-corrected chi connectivity index (χ1v) is 13.9. The average molecular weight is 515 g/mol. The first kappa shape index (κ1) is 27.8. The third kappa shape index (κ3) is 8.69. The molecule has 0 radical (unpaired) electrons. The van der Waals surface area contributed by atoms with Crippen LogP contribution in [0.5, 0.6) is 0 Å². The second kappa shape index (κ2) is 14.7. The normalized spacial score (nSPS) is 14.5. The van der Waals surface area contributed by atoms with Crippen molar-refractivity contribution in [3.05, 3.63) is 90.0 Å². The Morgan fingerprint density at radius 1 is 0.947 bits per heavy atom. The molecule has 202 valence electrons. The van der Waals surface area contributed by atoms with E-state index in [1.54, 1.807) is 0 Å². The lowest BCUT2D eigenvalue weighted by Gasteiger charge is -2.32. The van der Waals surface area contributed by atoms with Crippen LogP contribution in [0.15, 0.2) is 78.9 Å². The first-order chi connectivity index (χ1) is 18.6. The van der Waals surface area contributed by atoms with Gasteiger partial charge in [0.1, 0.15) is 6.10 Å². The van der Waals surface area contributed by atoms with Crippen LogP contribution in [0.25, 0.3) is 11.1 Å². The SMILES string of the molecule is CCCNCc1ccc(CN(C)CCN2CCC(OC(=O)Nc3ccccc3-c3ccccc3)CC2)cc1. The van der Waals surface area contributed by atoms with Gasteiger partial charge in [0.15, 0.2) is 0 Å². The zero-order valence-electron chi connectivity index (χ0n) is 22.9. The van der Waals surface area contributed by atoms with Gasteiger partial charge in [-0.25, -0.2) is 4.79 Å². The van der Waals surface area contributed by atoms with E-state index >= 15 is 0 Å². The summed E-state index contributed by atoms with van der Waals surface area (Å²) in [5, 5.41) is 6.42. The maximum atomic E-state index is 12.7. The molecule has 0 saturated carbocycles. The van der Waals surface area contributed by atoms with Crippen molar-refractivity contribution >= 4 is 11.8 Å². The fraction of sp³-hybridized carbons (Fsp3) is 0.406. The van der Waals surface area contributed by atoms with Gasteiger partial charge >= 0.3 is 6.09 Å². The topological polar surface area (TPSA) is 56.8 Å². The smallest absolute Gasteiger partial charge is 0.411 e. The summed E-state index contributed by atoms with van der Waals surface area (Å²) in [5.41, 5.74) is 5.51. The van der Waals surface area contributed by atoms with Gasteiger partial charge in [0, 0.05) is 44.8 Å². The van der Waals surface area contributed by atoms with Crippen molar-refractivity contribution in [2.24, 2.45) is 0 Å². The van der Waals surface area contributed by atoms with Gasteiger partial charge in [-0.05, 0) is 55.6 Å². The van der Waals surface area contributed by atoms with Gasteiger partial charge in [0.05, 0.1) is 5.69 Å². The number of amides is 1. The number of anilines is 1. The summed E-state index contributed by atoms with van der Waals surface area (Å²) in [6.07, 6.45) is 2.47. The maximum absolute atomic E-state index is 12.7. The van der Waals surface area contributed by atoms with E-state index in [9.17, 15) is 4.79 Å². The lowest BCUT2D eigenvalue weighted by Crippen LogP contribution is -2.41. The molecule has 3 aromatic rings. The molecule has 0 aliphatic carbocycles. The Balaban J connectivity index is 1.15. The van der Waals surface area contributed by atoms with E-state index in [0.29, 0.717) is 0 Å². The van der Waals surface area contributed by atoms with E-state index in [1.165, 1.54) is 11.1 Å². The Bertz CT molecular complexity index is 1110. The molecular formula is C32H42N4O2. The number of carbonyl (C=O) groups excluding carboxylic acids is 1. The number of likely N-dealkylation sites (tertiary alicyclic amines) is 1. The van der Waals surface area contributed by atoms with Crippen molar-refractivity contribution in [2.45, 2.75) is 45.4 Å². The monoisotopic (exact) mass is 514 g/mol. The predicted molar refractivity (Wildman–Crippen MR) is 156 cm³/mol. The molecular weight excluding hydrogens is 472 g/mol. The van der Waals surface area contributed by atoms with Gasteiger partial charge in [-0.15, -0.1) is 0 Å². The molecule has 1 aliphatic heterocycles. The number of hydrogen-bond acceptors (Lipinski definition) is 5. The highest BCUT2D eigenvalue weighted by molar-refractivity contribution is 5.91. The number of benzene rings is 3. The number of hydrogen-bond donors (Lipinski definition) is 2. The van der Waals surface area contributed by atoms with Gasteiger partial charge in [0.25, 0.3) is 0 Å². The van der Waals surface area contributed by atoms with Crippen molar-refractivity contribution in [1.29, 1.82) is 0 Å². The van der Waals surface area contributed by atoms with Crippen LogP contribution in [0, 0.1) is 0 Å². The molecule has 1 heterocycles.